The number of aromatic nitrogens is 2. The van der Waals surface area contributed by atoms with Crippen molar-refractivity contribution < 1.29 is 4.79 Å². The van der Waals surface area contributed by atoms with Crippen LogP contribution in [-0.2, 0) is 4.79 Å². The fourth-order valence-electron chi connectivity index (χ4n) is 1.64. The van der Waals surface area contributed by atoms with Gasteiger partial charge in [0.25, 0.3) is 0 Å². The van der Waals surface area contributed by atoms with Gasteiger partial charge in [-0.3, -0.25) is 4.79 Å². The summed E-state index contributed by atoms with van der Waals surface area (Å²) in [5, 5.41) is 2.78. The number of rotatable bonds is 3. The minimum absolute atomic E-state index is 0.164. The van der Waals surface area contributed by atoms with E-state index < -0.39 is 6.04 Å². The summed E-state index contributed by atoms with van der Waals surface area (Å²) in [7, 11) is 0. The first-order valence-corrected chi connectivity index (χ1v) is 5.63. The Kier molecular flexibility index (Phi) is 3.10. The van der Waals surface area contributed by atoms with Crippen molar-refractivity contribution >= 4 is 22.6 Å². The molecule has 1 atom stereocenters. The van der Waals surface area contributed by atoms with Crippen molar-refractivity contribution in [2.45, 2.75) is 26.3 Å². The molecule has 0 bridgehead atoms. The molecule has 0 aliphatic rings. The minimum Gasteiger partial charge on any atom is -0.342 e. The number of imidazole rings is 1. The molecule has 0 aliphatic heterocycles. The number of anilines is 1. The van der Waals surface area contributed by atoms with Crippen molar-refractivity contribution in [2.24, 2.45) is 5.73 Å². The van der Waals surface area contributed by atoms with E-state index in [0.717, 1.165) is 22.5 Å². The van der Waals surface area contributed by atoms with Crippen LogP contribution in [-0.4, -0.2) is 21.9 Å². The molecule has 5 nitrogen and oxygen atoms in total. The summed E-state index contributed by atoms with van der Waals surface area (Å²) < 4.78 is 0. The zero-order valence-corrected chi connectivity index (χ0v) is 9.95. The molecule has 1 amide bonds. The van der Waals surface area contributed by atoms with Crippen molar-refractivity contribution in [1.29, 1.82) is 0 Å². The summed E-state index contributed by atoms with van der Waals surface area (Å²) in [5.74, 6) is 0.692. The highest BCUT2D eigenvalue weighted by Crippen LogP contribution is 2.17. The maximum atomic E-state index is 11.6. The third-order valence-electron chi connectivity index (χ3n) is 2.64. The van der Waals surface area contributed by atoms with Gasteiger partial charge in [-0.2, -0.15) is 0 Å². The Bertz CT molecular complexity index is 546. The number of benzene rings is 1. The molecule has 2 rings (SSSR count). The van der Waals surface area contributed by atoms with E-state index in [4.69, 9.17) is 5.73 Å². The van der Waals surface area contributed by atoms with Gasteiger partial charge in [-0.05, 0) is 31.5 Å². The van der Waals surface area contributed by atoms with Crippen molar-refractivity contribution in [3.05, 3.63) is 24.0 Å². The maximum absolute atomic E-state index is 11.6. The molecule has 2 aromatic rings. The van der Waals surface area contributed by atoms with E-state index in [1.54, 1.807) is 0 Å². The summed E-state index contributed by atoms with van der Waals surface area (Å²) in [5.41, 5.74) is 8.18. The van der Waals surface area contributed by atoms with Crippen LogP contribution in [0.2, 0.25) is 0 Å². The number of hydrogen-bond acceptors (Lipinski definition) is 3. The smallest absolute Gasteiger partial charge is 0.241 e. The van der Waals surface area contributed by atoms with Crippen molar-refractivity contribution in [1.82, 2.24) is 9.97 Å². The number of carbonyl (C=O) groups excluding carboxylic acids is 1. The predicted molar refractivity (Wildman–Crippen MR) is 67.7 cm³/mol. The number of carbonyl (C=O) groups is 1. The van der Waals surface area contributed by atoms with Crippen molar-refractivity contribution in [3.8, 4) is 0 Å². The molecule has 0 radical (unpaired) electrons. The van der Waals surface area contributed by atoms with Gasteiger partial charge in [0, 0.05) is 5.69 Å². The predicted octanol–water partition coefficient (Wildman–Crippen LogP) is 1.55. The van der Waals surface area contributed by atoms with Crippen LogP contribution in [0.5, 0.6) is 0 Å². The highest BCUT2D eigenvalue weighted by Gasteiger charge is 2.11. The molecular formula is C12H16N4O. The maximum Gasteiger partial charge on any atom is 0.241 e. The van der Waals surface area contributed by atoms with E-state index in [9.17, 15) is 4.79 Å². The average Bonchev–Trinajstić information content (AvgIpc) is 2.67. The van der Waals surface area contributed by atoms with Crippen LogP contribution < -0.4 is 11.1 Å². The van der Waals surface area contributed by atoms with Crippen LogP contribution in [0.1, 0.15) is 19.2 Å². The zero-order chi connectivity index (χ0) is 12.4. The van der Waals surface area contributed by atoms with E-state index in [1.807, 2.05) is 32.0 Å². The molecule has 1 heterocycles. The van der Waals surface area contributed by atoms with Gasteiger partial charge in [0.2, 0.25) is 5.91 Å². The largest absolute Gasteiger partial charge is 0.342 e. The molecule has 0 saturated heterocycles. The quantitative estimate of drug-likeness (QED) is 0.750. The topological polar surface area (TPSA) is 83.8 Å². The number of nitrogens with two attached hydrogens (primary N) is 1. The summed E-state index contributed by atoms with van der Waals surface area (Å²) in [4.78, 5) is 19.0. The molecule has 5 heteroatoms. The number of fused-ring (bicyclic) bond motifs is 1. The lowest BCUT2D eigenvalue weighted by Gasteiger charge is -2.09. The Balaban J connectivity index is 2.22. The first-order chi connectivity index (χ1) is 8.10. The summed E-state index contributed by atoms with van der Waals surface area (Å²) in [6.45, 7) is 3.77. The van der Waals surface area contributed by atoms with E-state index in [-0.39, 0.29) is 5.91 Å². The third-order valence-corrected chi connectivity index (χ3v) is 2.64. The molecule has 0 fully saturated rings. The summed E-state index contributed by atoms with van der Waals surface area (Å²) in [6, 6.07) is 5.08. The van der Waals surface area contributed by atoms with Crippen LogP contribution in [0.15, 0.2) is 18.2 Å². The van der Waals surface area contributed by atoms with Crippen molar-refractivity contribution in [3.63, 3.8) is 0 Å². The lowest BCUT2D eigenvalue weighted by molar-refractivity contribution is -0.117. The fourth-order valence-corrected chi connectivity index (χ4v) is 1.64. The molecule has 1 aromatic carbocycles. The highest BCUT2D eigenvalue weighted by atomic mass is 16.2. The molecule has 90 valence electrons. The first kappa shape index (κ1) is 11.6. The molecule has 0 aliphatic carbocycles. The summed E-state index contributed by atoms with van der Waals surface area (Å²) >= 11 is 0. The van der Waals surface area contributed by atoms with Gasteiger partial charge >= 0.3 is 0 Å². The second kappa shape index (κ2) is 4.55. The van der Waals surface area contributed by atoms with E-state index >= 15 is 0 Å². The van der Waals surface area contributed by atoms with Crippen LogP contribution >= 0.6 is 0 Å². The molecular weight excluding hydrogens is 216 g/mol. The van der Waals surface area contributed by atoms with Crippen LogP contribution in [0, 0.1) is 6.92 Å². The molecule has 4 N–H and O–H groups in total. The lowest BCUT2D eigenvalue weighted by atomic mass is 10.2. The number of aryl methyl sites for hydroxylation is 1. The average molecular weight is 232 g/mol. The number of nitrogens with one attached hydrogen (secondary N) is 2. The van der Waals surface area contributed by atoms with Gasteiger partial charge in [0.15, 0.2) is 0 Å². The van der Waals surface area contributed by atoms with Gasteiger partial charge in [0.05, 0.1) is 17.1 Å². The number of H-pyrrole nitrogens is 1. The second-order valence-electron chi connectivity index (χ2n) is 4.06. The number of nitrogens with zero attached hydrogens (tertiary/aromatic N) is 1. The van der Waals surface area contributed by atoms with Gasteiger partial charge in [-0.15, -0.1) is 0 Å². The Morgan fingerprint density at radius 3 is 3.06 bits per heavy atom. The monoisotopic (exact) mass is 232 g/mol. The molecule has 0 saturated carbocycles. The first-order valence-electron chi connectivity index (χ1n) is 5.63. The molecule has 1 aromatic heterocycles. The van der Waals surface area contributed by atoms with Gasteiger partial charge < -0.3 is 16.0 Å². The number of amides is 1. The van der Waals surface area contributed by atoms with E-state index in [1.165, 1.54) is 0 Å². The van der Waals surface area contributed by atoms with Crippen LogP contribution in [0.4, 0.5) is 5.69 Å². The van der Waals surface area contributed by atoms with Crippen molar-refractivity contribution in [2.75, 3.05) is 5.32 Å². The highest BCUT2D eigenvalue weighted by molar-refractivity contribution is 5.96. The summed E-state index contributed by atoms with van der Waals surface area (Å²) in [6.07, 6.45) is 0.622. The molecule has 0 unspecified atom stereocenters. The standard InChI is InChI=1S/C12H16N4O/c1-3-9(13)12(17)16-8-4-5-10-11(6-8)15-7(2)14-10/h4-6,9H,3,13H2,1-2H3,(H,14,15)(H,16,17)/t9-/m0/s1. The lowest BCUT2D eigenvalue weighted by Crippen LogP contribution is -2.34. The molecule has 0 spiro atoms. The number of aromatic amines is 1. The minimum atomic E-state index is -0.464. The fraction of sp³-hybridized carbons (Fsp3) is 0.333. The third kappa shape index (κ3) is 2.45. The Morgan fingerprint density at radius 1 is 1.59 bits per heavy atom. The Hall–Kier alpha value is -1.88. The van der Waals surface area contributed by atoms with E-state index in [2.05, 4.69) is 15.3 Å². The van der Waals surface area contributed by atoms with Gasteiger partial charge in [-0.1, -0.05) is 6.92 Å². The molecule has 17 heavy (non-hydrogen) atoms. The van der Waals surface area contributed by atoms with Gasteiger partial charge in [0.1, 0.15) is 5.82 Å². The second-order valence-corrected chi connectivity index (χ2v) is 4.06. The Labute approximate surface area is 99.4 Å². The van der Waals surface area contributed by atoms with E-state index in [0.29, 0.717) is 6.42 Å². The van der Waals surface area contributed by atoms with Gasteiger partial charge in [-0.25, -0.2) is 4.98 Å². The van der Waals surface area contributed by atoms with Crippen LogP contribution in [0.3, 0.4) is 0 Å². The normalized spacial score (nSPS) is 12.6. The Morgan fingerprint density at radius 2 is 2.35 bits per heavy atom. The number of hydrogen-bond donors (Lipinski definition) is 3. The zero-order valence-electron chi connectivity index (χ0n) is 9.95. The van der Waals surface area contributed by atoms with Crippen LogP contribution in [0.25, 0.3) is 11.0 Å². The SMILES string of the molecule is CC[C@H](N)C(=O)Nc1ccc2nc(C)[nH]c2c1.